The largest absolute Gasteiger partial charge is 0.416 e. The topological polar surface area (TPSA) is 78.5 Å². The summed E-state index contributed by atoms with van der Waals surface area (Å²) in [5, 5.41) is 5.48. The molecule has 3 amide bonds. The van der Waals surface area contributed by atoms with Gasteiger partial charge >= 0.3 is 6.18 Å². The third-order valence-corrected chi connectivity index (χ3v) is 5.14. The van der Waals surface area contributed by atoms with E-state index in [0.717, 1.165) is 18.6 Å². The first kappa shape index (κ1) is 23.3. The lowest BCUT2D eigenvalue weighted by Gasteiger charge is -2.18. The van der Waals surface area contributed by atoms with Crippen LogP contribution in [0.25, 0.3) is 0 Å². The Bertz CT molecular complexity index is 1010. The van der Waals surface area contributed by atoms with E-state index in [1.54, 1.807) is 24.3 Å². The Kier molecular flexibility index (Phi) is 7.17. The molecule has 0 aromatic heterocycles. The predicted molar refractivity (Wildman–Crippen MR) is 113 cm³/mol. The molecule has 0 aliphatic carbocycles. The Labute approximate surface area is 183 Å². The summed E-state index contributed by atoms with van der Waals surface area (Å²) in [6.45, 7) is 2.59. The Balaban J connectivity index is 1.62. The number of hydrogen-bond acceptors (Lipinski definition) is 3. The first-order chi connectivity index (χ1) is 15.2. The number of halogens is 3. The number of nitrogens with zero attached hydrogens (tertiary/aromatic N) is 1. The summed E-state index contributed by atoms with van der Waals surface area (Å²) in [7, 11) is 0. The molecule has 1 aliphatic rings. The number of anilines is 1. The summed E-state index contributed by atoms with van der Waals surface area (Å²) >= 11 is 0. The minimum Gasteiger partial charge on any atom is -0.352 e. The summed E-state index contributed by atoms with van der Waals surface area (Å²) in [6, 6.07) is 11.3. The number of nitrogens with one attached hydrogen (secondary N) is 2. The molecule has 2 aromatic rings. The predicted octanol–water partition coefficient (Wildman–Crippen LogP) is 3.83. The SMILES string of the molecule is CCCNC(=O)c1cccc(NC(=O)C2CC(=O)N(Cc3cccc(C(F)(F)F)c3)C2)c1. The number of carbonyl (C=O) groups excluding carboxylic acids is 3. The van der Waals surface area contributed by atoms with Gasteiger partial charge in [-0.3, -0.25) is 14.4 Å². The van der Waals surface area contributed by atoms with Crippen LogP contribution in [-0.4, -0.2) is 35.7 Å². The Morgan fingerprint density at radius 3 is 2.59 bits per heavy atom. The van der Waals surface area contributed by atoms with Crippen LogP contribution in [0, 0.1) is 5.92 Å². The molecule has 170 valence electrons. The van der Waals surface area contributed by atoms with Gasteiger partial charge in [-0.05, 0) is 42.3 Å². The number of rotatable bonds is 7. The number of alkyl halides is 3. The second kappa shape index (κ2) is 9.84. The standard InChI is InChI=1S/C23H24F3N3O3/c1-2-9-27-21(31)16-6-4-8-19(11-16)28-22(32)17-12-20(30)29(14-17)13-15-5-3-7-18(10-15)23(24,25)26/h3-8,10-11,17H,2,9,12-14H2,1H3,(H,27,31)(H,28,32). The van der Waals surface area contributed by atoms with Gasteiger partial charge in [0.2, 0.25) is 11.8 Å². The van der Waals surface area contributed by atoms with Crippen molar-refractivity contribution in [2.45, 2.75) is 32.5 Å². The van der Waals surface area contributed by atoms with Gasteiger partial charge in [0.05, 0.1) is 11.5 Å². The van der Waals surface area contributed by atoms with Crippen molar-refractivity contribution in [2.24, 2.45) is 5.92 Å². The normalized spacial score (nSPS) is 16.2. The monoisotopic (exact) mass is 447 g/mol. The molecule has 9 heteroatoms. The van der Waals surface area contributed by atoms with E-state index < -0.39 is 17.7 Å². The molecule has 6 nitrogen and oxygen atoms in total. The molecule has 3 rings (SSSR count). The van der Waals surface area contributed by atoms with Crippen molar-refractivity contribution in [3.05, 3.63) is 65.2 Å². The minimum atomic E-state index is -4.46. The number of benzene rings is 2. The second-order valence-corrected chi connectivity index (χ2v) is 7.70. The van der Waals surface area contributed by atoms with Crippen molar-refractivity contribution in [3.8, 4) is 0 Å². The van der Waals surface area contributed by atoms with Crippen LogP contribution in [0.5, 0.6) is 0 Å². The highest BCUT2D eigenvalue weighted by molar-refractivity contribution is 5.99. The number of carbonyl (C=O) groups is 3. The summed E-state index contributed by atoms with van der Waals surface area (Å²) in [4.78, 5) is 38.5. The lowest BCUT2D eigenvalue weighted by atomic mass is 10.1. The molecule has 0 bridgehead atoms. The fourth-order valence-corrected chi connectivity index (χ4v) is 3.49. The van der Waals surface area contributed by atoms with Gasteiger partial charge < -0.3 is 15.5 Å². The third kappa shape index (κ3) is 5.87. The molecule has 1 aliphatic heterocycles. The molecule has 0 saturated carbocycles. The van der Waals surface area contributed by atoms with Crippen LogP contribution in [0.2, 0.25) is 0 Å². The van der Waals surface area contributed by atoms with Gasteiger partial charge in [0.1, 0.15) is 0 Å². The van der Waals surface area contributed by atoms with E-state index in [4.69, 9.17) is 0 Å². The van der Waals surface area contributed by atoms with Crippen LogP contribution < -0.4 is 10.6 Å². The van der Waals surface area contributed by atoms with Gasteiger partial charge in [0, 0.05) is 37.3 Å². The average Bonchev–Trinajstić information content (AvgIpc) is 3.12. The Morgan fingerprint density at radius 2 is 1.88 bits per heavy atom. The first-order valence-electron chi connectivity index (χ1n) is 10.3. The molecule has 0 radical (unpaired) electrons. The maximum atomic E-state index is 12.9. The smallest absolute Gasteiger partial charge is 0.352 e. The van der Waals surface area contributed by atoms with Crippen molar-refractivity contribution in [1.82, 2.24) is 10.2 Å². The van der Waals surface area contributed by atoms with Crippen LogP contribution in [0.1, 0.15) is 41.3 Å². The lowest BCUT2D eigenvalue weighted by Crippen LogP contribution is -2.28. The highest BCUT2D eigenvalue weighted by Gasteiger charge is 2.35. The van der Waals surface area contributed by atoms with E-state index in [2.05, 4.69) is 10.6 Å². The molecule has 1 saturated heterocycles. The average molecular weight is 447 g/mol. The van der Waals surface area contributed by atoms with Gasteiger partial charge in [0.15, 0.2) is 0 Å². The summed E-state index contributed by atoms with van der Waals surface area (Å²) < 4.78 is 38.7. The molecule has 0 spiro atoms. The van der Waals surface area contributed by atoms with Crippen LogP contribution >= 0.6 is 0 Å². The molecular weight excluding hydrogens is 423 g/mol. The lowest BCUT2D eigenvalue weighted by molar-refractivity contribution is -0.137. The van der Waals surface area contributed by atoms with Crippen LogP contribution in [-0.2, 0) is 22.3 Å². The van der Waals surface area contributed by atoms with E-state index in [9.17, 15) is 27.6 Å². The zero-order valence-electron chi connectivity index (χ0n) is 17.5. The van der Waals surface area contributed by atoms with Crippen molar-refractivity contribution in [1.29, 1.82) is 0 Å². The number of likely N-dealkylation sites (tertiary alicyclic amines) is 1. The minimum absolute atomic E-state index is 0.000379. The zero-order chi connectivity index (χ0) is 23.3. The second-order valence-electron chi connectivity index (χ2n) is 7.70. The van der Waals surface area contributed by atoms with Gasteiger partial charge in [0.25, 0.3) is 5.91 Å². The van der Waals surface area contributed by atoms with Crippen molar-refractivity contribution < 1.29 is 27.6 Å². The molecule has 2 aromatic carbocycles. The van der Waals surface area contributed by atoms with Crippen molar-refractivity contribution in [3.63, 3.8) is 0 Å². The van der Waals surface area contributed by atoms with E-state index in [1.807, 2.05) is 6.92 Å². The highest BCUT2D eigenvalue weighted by Crippen LogP contribution is 2.30. The van der Waals surface area contributed by atoms with E-state index in [0.29, 0.717) is 23.4 Å². The Morgan fingerprint density at radius 1 is 1.12 bits per heavy atom. The maximum absolute atomic E-state index is 12.9. The van der Waals surface area contributed by atoms with E-state index in [1.165, 1.54) is 17.0 Å². The van der Waals surface area contributed by atoms with Crippen molar-refractivity contribution in [2.75, 3.05) is 18.4 Å². The zero-order valence-corrected chi connectivity index (χ0v) is 17.5. The van der Waals surface area contributed by atoms with Gasteiger partial charge in [-0.1, -0.05) is 25.1 Å². The summed E-state index contributed by atoms with van der Waals surface area (Å²) in [5.41, 5.74) is 0.409. The molecular formula is C23H24F3N3O3. The molecule has 1 unspecified atom stereocenters. The van der Waals surface area contributed by atoms with Gasteiger partial charge in [-0.25, -0.2) is 0 Å². The fraction of sp³-hybridized carbons (Fsp3) is 0.348. The first-order valence-corrected chi connectivity index (χ1v) is 10.3. The summed E-state index contributed by atoms with van der Waals surface area (Å²) in [5.74, 6) is -1.55. The highest BCUT2D eigenvalue weighted by atomic mass is 19.4. The number of amides is 3. The van der Waals surface area contributed by atoms with E-state index >= 15 is 0 Å². The van der Waals surface area contributed by atoms with Gasteiger partial charge in [-0.2, -0.15) is 13.2 Å². The molecule has 1 atom stereocenters. The third-order valence-electron chi connectivity index (χ3n) is 5.14. The molecule has 1 fully saturated rings. The van der Waals surface area contributed by atoms with E-state index in [-0.39, 0.29) is 37.2 Å². The molecule has 2 N–H and O–H groups in total. The number of hydrogen-bond donors (Lipinski definition) is 2. The molecule has 1 heterocycles. The maximum Gasteiger partial charge on any atom is 0.416 e. The van der Waals surface area contributed by atoms with Crippen LogP contribution in [0.15, 0.2) is 48.5 Å². The van der Waals surface area contributed by atoms with Gasteiger partial charge in [-0.15, -0.1) is 0 Å². The Hall–Kier alpha value is -3.36. The quantitative estimate of drug-likeness (QED) is 0.677. The molecule has 32 heavy (non-hydrogen) atoms. The van der Waals surface area contributed by atoms with Crippen LogP contribution in [0.3, 0.4) is 0 Å². The fourth-order valence-electron chi connectivity index (χ4n) is 3.49. The van der Waals surface area contributed by atoms with Crippen LogP contribution in [0.4, 0.5) is 18.9 Å². The summed E-state index contributed by atoms with van der Waals surface area (Å²) in [6.07, 6.45) is -3.69. The van der Waals surface area contributed by atoms with Crippen molar-refractivity contribution >= 4 is 23.4 Å².